The normalized spacial score (nSPS) is 37.2. The second kappa shape index (κ2) is 14.7. The number of carbonyl (C=O) groups excluding carboxylic acids is 5. The highest BCUT2D eigenvalue weighted by Gasteiger charge is 2.76. The van der Waals surface area contributed by atoms with Gasteiger partial charge >= 0.3 is 29.8 Å². The molecule has 0 aromatic heterocycles. The van der Waals surface area contributed by atoms with Gasteiger partial charge in [-0.3, -0.25) is 19.2 Å². The van der Waals surface area contributed by atoms with Crippen molar-refractivity contribution >= 4 is 29.8 Å². The zero-order chi connectivity index (χ0) is 39.3. The van der Waals surface area contributed by atoms with Crippen LogP contribution in [0.15, 0.2) is 48.1 Å². The van der Waals surface area contributed by atoms with E-state index < -0.39 is 93.9 Å². The average molecular weight is 737 g/mol. The van der Waals surface area contributed by atoms with E-state index in [0.717, 1.165) is 12.0 Å². The van der Waals surface area contributed by atoms with Gasteiger partial charge in [-0.2, -0.15) is 0 Å². The molecule has 4 aliphatic rings. The van der Waals surface area contributed by atoms with Crippen LogP contribution in [0.25, 0.3) is 0 Å². The molecule has 1 aromatic carbocycles. The Morgan fingerprint density at radius 2 is 1.60 bits per heavy atom. The molecule has 2 fully saturated rings. The van der Waals surface area contributed by atoms with E-state index in [4.69, 9.17) is 23.7 Å². The van der Waals surface area contributed by atoms with Gasteiger partial charge < -0.3 is 28.8 Å². The fourth-order valence-corrected chi connectivity index (χ4v) is 11.3. The lowest BCUT2D eigenvalue weighted by atomic mass is 9.35. The quantitative estimate of drug-likeness (QED) is 0.182. The van der Waals surface area contributed by atoms with Gasteiger partial charge in [-0.1, -0.05) is 58.0 Å². The molecule has 1 N–H and O–H groups in total. The number of benzene rings is 1. The van der Waals surface area contributed by atoms with Crippen LogP contribution in [-0.4, -0.2) is 71.6 Å². The molecule has 0 radical (unpaired) electrons. The Kier molecular flexibility index (Phi) is 11.1. The first-order valence-corrected chi connectivity index (χ1v) is 18.8. The molecule has 0 saturated heterocycles. The van der Waals surface area contributed by atoms with Gasteiger partial charge in [0.1, 0.15) is 24.9 Å². The summed E-state index contributed by atoms with van der Waals surface area (Å²) in [6.45, 7) is 16.6. The number of allylic oxidation sites excluding steroid dienone is 1. The molecule has 5 rings (SSSR count). The van der Waals surface area contributed by atoms with E-state index in [-0.39, 0.29) is 12.5 Å². The first-order valence-electron chi connectivity index (χ1n) is 18.8. The zero-order valence-corrected chi connectivity index (χ0v) is 32.7. The van der Waals surface area contributed by atoms with Crippen LogP contribution < -0.4 is 0 Å². The lowest BCUT2D eigenvalue weighted by Gasteiger charge is -2.71. The highest BCUT2D eigenvalue weighted by molar-refractivity contribution is 5.82. The first kappa shape index (κ1) is 40.2. The summed E-state index contributed by atoms with van der Waals surface area (Å²) in [6, 6.07) is 8.22. The lowest BCUT2D eigenvalue weighted by molar-refractivity contribution is -0.303. The number of ether oxygens (including phenoxy) is 5. The van der Waals surface area contributed by atoms with Crippen LogP contribution >= 0.6 is 0 Å². The molecule has 2 saturated carbocycles. The Morgan fingerprint density at radius 1 is 0.962 bits per heavy atom. The summed E-state index contributed by atoms with van der Waals surface area (Å²) in [7, 11) is 0. The van der Waals surface area contributed by atoms with Gasteiger partial charge in [0, 0.05) is 51.0 Å². The van der Waals surface area contributed by atoms with Gasteiger partial charge in [0.25, 0.3) is 0 Å². The molecule has 1 aromatic rings. The van der Waals surface area contributed by atoms with Crippen molar-refractivity contribution in [3.8, 4) is 0 Å². The van der Waals surface area contributed by atoms with Gasteiger partial charge in [-0.15, -0.1) is 0 Å². The summed E-state index contributed by atoms with van der Waals surface area (Å²) >= 11 is 0. The molecule has 3 aliphatic carbocycles. The summed E-state index contributed by atoms with van der Waals surface area (Å²) < 4.78 is 30.3. The van der Waals surface area contributed by atoms with Crippen LogP contribution in [-0.2, 0) is 54.1 Å². The van der Waals surface area contributed by atoms with Crippen LogP contribution in [0.3, 0.4) is 0 Å². The fourth-order valence-electron chi connectivity index (χ4n) is 11.3. The SMILES string of the molecule is CCc1ccccc1[C@@H](C)C[C@]1(O)C(C)=C[C@@H](OC(C)=O)[C@@]2(C)C1CC[C@]1(C)C2C(OC(C)=O)[C@H](OC(C)=O)[C@@]2(C(C)OC(C)=O)COC(=O)C=C[C@H]21. The number of cyclic esters (lactones) is 1. The Balaban J connectivity index is 1.80. The smallest absolute Gasteiger partial charge is 0.330 e. The van der Waals surface area contributed by atoms with E-state index in [1.807, 2.05) is 39.0 Å². The third-order valence-corrected chi connectivity index (χ3v) is 13.3. The first-order chi connectivity index (χ1) is 24.8. The lowest BCUT2D eigenvalue weighted by Crippen LogP contribution is -2.76. The number of esters is 5. The van der Waals surface area contributed by atoms with Crippen LogP contribution in [0.2, 0.25) is 0 Å². The van der Waals surface area contributed by atoms with E-state index in [9.17, 15) is 29.1 Å². The third kappa shape index (κ3) is 6.72. The van der Waals surface area contributed by atoms with Crippen LogP contribution in [0.1, 0.15) is 106 Å². The summed E-state index contributed by atoms with van der Waals surface area (Å²) in [6.07, 6.45) is 2.68. The Morgan fingerprint density at radius 3 is 2.21 bits per heavy atom. The van der Waals surface area contributed by atoms with E-state index in [1.54, 1.807) is 13.0 Å². The molecular weight excluding hydrogens is 680 g/mol. The molecule has 0 bridgehead atoms. The van der Waals surface area contributed by atoms with Crippen molar-refractivity contribution in [2.45, 2.75) is 131 Å². The van der Waals surface area contributed by atoms with Crippen molar-refractivity contribution in [3.05, 3.63) is 59.2 Å². The van der Waals surface area contributed by atoms with Crippen molar-refractivity contribution in [3.63, 3.8) is 0 Å². The summed E-state index contributed by atoms with van der Waals surface area (Å²) in [4.78, 5) is 64.8. The maximum atomic E-state index is 13.2. The molecule has 11 nitrogen and oxygen atoms in total. The molecule has 290 valence electrons. The predicted octanol–water partition coefficient (Wildman–Crippen LogP) is 5.95. The molecule has 53 heavy (non-hydrogen) atoms. The van der Waals surface area contributed by atoms with Crippen LogP contribution in [0.4, 0.5) is 0 Å². The van der Waals surface area contributed by atoms with Crippen molar-refractivity contribution < 1.29 is 52.8 Å². The molecule has 1 heterocycles. The van der Waals surface area contributed by atoms with Gasteiger partial charge in [0.2, 0.25) is 0 Å². The molecule has 1 aliphatic heterocycles. The van der Waals surface area contributed by atoms with Crippen molar-refractivity contribution in [2.24, 2.45) is 34.0 Å². The maximum absolute atomic E-state index is 13.2. The topological polar surface area (TPSA) is 152 Å². The number of carbonyl (C=O) groups is 5. The monoisotopic (exact) mass is 736 g/mol. The number of rotatable bonds is 9. The Hall–Kier alpha value is -3.99. The highest BCUT2D eigenvalue weighted by atomic mass is 16.6. The number of aliphatic hydroxyl groups is 1. The molecule has 12 atom stereocenters. The second-order valence-electron chi connectivity index (χ2n) is 16.3. The predicted molar refractivity (Wildman–Crippen MR) is 194 cm³/mol. The minimum atomic E-state index is -1.40. The van der Waals surface area contributed by atoms with Gasteiger partial charge in [-0.05, 0) is 79.6 Å². The van der Waals surface area contributed by atoms with Crippen molar-refractivity contribution in [1.82, 2.24) is 0 Å². The number of fused-ring (bicyclic) bond motifs is 5. The number of hydrogen-bond donors (Lipinski definition) is 1. The zero-order valence-electron chi connectivity index (χ0n) is 32.7. The molecule has 11 heteroatoms. The Bertz CT molecular complexity index is 1700. The number of hydrogen-bond acceptors (Lipinski definition) is 11. The van der Waals surface area contributed by atoms with Crippen LogP contribution in [0, 0.1) is 34.0 Å². The summed E-state index contributed by atoms with van der Waals surface area (Å²) in [5.74, 6) is -5.04. The highest BCUT2D eigenvalue weighted by Crippen LogP contribution is 2.72. The molecular formula is C42H56O11. The number of aryl methyl sites for hydroxylation is 1. The van der Waals surface area contributed by atoms with E-state index in [1.165, 1.54) is 39.3 Å². The Labute approximate surface area is 312 Å². The molecule has 0 amide bonds. The minimum Gasteiger partial charge on any atom is -0.462 e. The summed E-state index contributed by atoms with van der Waals surface area (Å²) in [5.41, 5.74) is -1.79. The largest absolute Gasteiger partial charge is 0.462 e. The van der Waals surface area contributed by atoms with Crippen LogP contribution in [0.5, 0.6) is 0 Å². The summed E-state index contributed by atoms with van der Waals surface area (Å²) in [5, 5.41) is 13.2. The van der Waals surface area contributed by atoms with Gasteiger partial charge in [0.05, 0.1) is 11.0 Å². The molecule has 0 spiro atoms. The van der Waals surface area contributed by atoms with Crippen molar-refractivity contribution in [1.29, 1.82) is 0 Å². The molecule has 4 unspecified atom stereocenters. The van der Waals surface area contributed by atoms with E-state index in [2.05, 4.69) is 26.0 Å². The van der Waals surface area contributed by atoms with E-state index in [0.29, 0.717) is 24.8 Å². The average Bonchev–Trinajstić information content (AvgIpc) is 3.24. The standard InChI is InChI=1S/C42H56O11/c1-11-30-14-12-13-15-31(30)23(2)21-42(48)24(3)20-34(51-27(6)44)40(10)33(42)18-19-39(9)32-16-17-35(47)49-22-41(32,25(4)50-26(5)43)38(53-29(8)46)36(37(39)40)52-28(7)45/h12-17,20,23,25,32-34,36-38,48H,11,18-19,21-22H2,1-10H3/t23-,25?,32-,33?,34+,36?,37?,38-,39-,40+,41+,42-/m0/s1. The van der Waals surface area contributed by atoms with Gasteiger partial charge in [0.15, 0.2) is 6.10 Å². The fraction of sp³-hybridized carbons (Fsp3) is 0.643. The maximum Gasteiger partial charge on any atom is 0.330 e. The third-order valence-electron chi connectivity index (χ3n) is 13.3. The van der Waals surface area contributed by atoms with Gasteiger partial charge in [-0.25, -0.2) is 4.79 Å². The van der Waals surface area contributed by atoms with Crippen molar-refractivity contribution in [2.75, 3.05) is 6.61 Å². The minimum absolute atomic E-state index is 0.0584. The second-order valence-corrected chi connectivity index (χ2v) is 16.3. The van der Waals surface area contributed by atoms with E-state index >= 15 is 0 Å².